The van der Waals surface area contributed by atoms with E-state index in [9.17, 15) is 9.59 Å². The summed E-state index contributed by atoms with van der Waals surface area (Å²) in [4.78, 5) is 29.8. The van der Waals surface area contributed by atoms with E-state index in [1.807, 2.05) is 31.2 Å². The van der Waals surface area contributed by atoms with Gasteiger partial charge in [-0.25, -0.2) is 4.98 Å². The minimum Gasteiger partial charge on any atom is -0.351 e. The summed E-state index contributed by atoms with van der Waals surface area (Å²) in [6, 6.07) is 8.07. The zero-order valence-electron chi connectivity index (χ0n) is 14.5. The molecular weight excluding hydrogens is 354 g/mol. The summed E-state index contributed by atoms with van der Waals surface area (Å²) in [6.45, 7) is 4.63. The molecule has 1 atom stereocenters. The van der Waals surface area contributed by atoms with Crippen LogP contribution >= 0.6 is 23.5 Å². The summed E-state index contributed by atoms with van der Waals surface area (Å²) in [5.74, 6) is 0.177. The Morgan fingerprint density at radius 3 is 2.84 bits per heavy atom. The zero-order valence-corrected chi connectivity index (χ0v) is 16.2. The lowest BCUT2D eigenvalue weighted by Crippen LogP contribution is -2.26. The van der Waals surface area contributed by atoms with Gasteiger partial charge in [-0.05, 0) is 12.5 Å². The van der Waals surface area contributed by atoms with Crippen molar-refractivity contribution in [2.75, 3.05) is 5.75 Å². The van der Waals surface area contributed by atoms with Crippen molar-refractivity contribution in [2.24, 2.45) is 7.05 Å². The Kier molecular flexibility index (Phi) is 5.54. The number of carbonyl (C=O) groups is 1. The molecule has 0 fully saturated rings. The Bertz CT molecular complexity index is 847. The van der Waals surface area contributed by atoms with Crippen LogP contribution in [-0.4, -0.2) is 26.5 Å². The number of aryl methyl sites for hydroxylation is 1. The summed E-state index contributed by atoms with van der Waals surface area (Å²) >= 11 is 2.89. The van der Waals surface area contributed by atoms with Gasteiger partial charge in [0, 0.05) is 25.3 Å². The number of benzene rings is 1. The lowest BCUT2D eigenvalue weighted by molar-refractivity contribution is -0.118. The molecule has 0 radical (unpaired) electrons. The molecule has 1 N–H and O–H groups in total. The fourth-order valence-electron chi connectivity index (χ4n) is 2.59. The average Bonchev–Trinajstić information content (AvgIpc) is 2.97. The Morgan fingerprint density at radius 1 is 1.40 bits per heavy atom. The number of aromatic nitrogens is 2. The molecule has 1 aromatic carbocycles. The minimum atomic E-state index is -0.0666. The first-order chi connectivity index (χ1) is 11.9. The molecule has 5 nitrogen and oxygen atoms in total. The van der Waals surface area contributed by atoms with Crippen LogP contribution < -0.4 is 10.9 Å². The number of hydrogen-bond donors (Lipinski definition) is 1. The van der Waals surface area contributed by atoms with E-state index in [4.69, 9.17) is 0 Å². The van der Waals surface area contributed by atoms with E-state index in [-0.39, 0.29) is 17.2 Å². The van der Waals surface area contributed by atoms with E-state index >= 15 is 0 Å². The number of carbonyl (C=O) groups excluding carboxylic acids is 1. The highest BCUT2D eigenvalue weighted by molar-refractivity contribution is 8.00. The highest BCUT2D eigenvalue weighted by atomic mass is 32.2. The smallest absolute Gasteiger partial charge is 0.267 e. The summed E-state index contributed by atoms with van der Waals surface area (Å²) in [6.07, 6.45) is 0.809. The highest BCUT2D eigenvalue weighted by Gasteiger charge is 2.25. The normalized spacial score (nSPS) is 15.9. The van der Waals surface area contributed by atoms with Gasteiger partial charge in [-0.3, -0.25) is 14.2 Å². The van der Waals surface area contributed by atoms with Gasteiger partial charge in [-0.1, -0.05) is 48.5 Å². The van der Waals surface area contributed by atoms with Crippen molar-refractivity contribution in [3.8, 4) is 0 Å². The molecule has 1 aromatic heterocycles. The molecule has 3 rings (SSSR count). The first-order valence-corrected chi connectivity index (χ1v) is 10.0. The molecule has 1 aliphatic heterocycles. The third-order valence-electron chi connectivity index (χ3n) is 4.02. The van der Waals surface area contributed by atoms with Crippen LogP contribution in [0.5, 0.6) is 0 Å². The molecule has 2 heterocycles. The Balaban J connectivity index is 1.59. The minimum absolute atomic E-state index is 0.0121. The summed E-state index contributed by atoms with van der Waals surface area (Å²) in [5.41, 5.74) is 3.12. The number of amides is 1. The van der Waals surface area contributed by atoms with Gasteiger partial charge in [-0.15, -0.1) is 11.8 Å². The standard InChI is InChI=1S/C18H21N3O2S2/c1-11-4-6-13(7-5-11)9-19-15(22)10-24-18-20-14-8-12(2)25-16(14)17(23)21(18)3/h4-7,12H,8-10H2,1-3H3,(H,19,22). The Hall–Kier alpha value is -1.73. The SMILES string of the molecule is Cc1ccc(CNC(=O)CSc2nc3c(c(=O)n2C)SC(C)C3)cc1. The van der Waals surface area contributed by atoms with Gasteiger partial charge in [0.1, 0.15) is 0 Å². The molecule has 132 valence electrons. The molecule has 2 aromatic rings. The van der Waals surface area contributed by atoms with Crippen molar-refractivity contribution in [3.63, 3.8) is 0 Å². The molecule has 0 spiro atoms. The van der Waals surface area contributed by atoms with E-state index in [1.54, 1.807) is 23.4 Å². The molecule has 0 saturated heterocycles. The Morgan fingerprint density at radius 2 is 2.12 bits per heavy atom. The van der Waals surface area contributed by atoms with Crippen LogP contribution in [0.25, 0.3) is 0 Å². The van der Waals surface area contributed by atoms with Gasteiger partial charge >= 0.3 is 0 Å². The molecule has 0 saturated carbocycles. The molecule has 1 amide bonds. The number of nitrogens with one attached hydrogen (secondary N) is 1. The van der Waals surface area contributed by atoms with Crippen molar-refractivity contribution in [2.45, 2.75) is 42.1 Å². The number of rotatable bonds is 5. The van der Waals surface area contributed by atoms with E-state index in [0.29, 0.717) is 17.0 Å². The van der Waals surface area contributed by atoms with Crippen LogP contribution in [0.1, 0.15) is 23.7 Å². The van der Waals surface area contributed by atoms with Crippen LogP contribution in [-0.2, 0) is 24.8 Å². The van der Waals surface area contributed by atoms with Gasteiger partial charge in [0.25, 0.3) is 5.56 Å². The van der Waals surface area contributed by atoms with Crippen molar-refractivity contribution in [1.29, 1.82) is 0 Å². The van der Waals surface area contributed by atoms with E-state index in [0.717, 1.165) is 22.6 Å². The molecule has 1 unspecified atom stereocenters. The van der Waals surface area contributed by atoms with Crippen LogP contribution in [0.15, 0.2) is 39.1 Å². The van der Waals surface area contributed by atoms with Crippen molar-refractivity contribution >= 4 is 29.4 Å². The fourth-order valence-corrected chi connectivity index (χ4v) is 4.55. The van der Waals surface area contributed by atoms with Gasteiger partial charge in [0.15, 0.2) is 5.16 Å². The highest BCUT2D eigenvalue weighted by Crippen LogP contribution is 2.33. The maximum absolute atomic E-state index is 12.4. The van der Waals surface area contributed by atoms with Gasteiger partial charge < -0.3 is 5.32 Å². The monoisotopic (exact) mass is 375 g/mol. The summed E-state index contributed by atoms with van der Waals surface area (Å²) in [7, 11) is 1.71. The van der Waals surface area contributed by atoms with E-state index < -0.39 is 0 Å². The second kappa shape index (κ2) is 7.66. The molecule has 1 aliphatic rings. The predicted molar refractivity (Wildman–Crippen MR) is 102 cm³/mol. The summed E-state index contributed by atoms with van der Waals surface area (Å²) < 4.78 is 1.54. The lowest BCUT2D eigenvalue weighted by atomic mass is 10.1. The maximum Gasteiger partial charge on any atom is 0.267 e. The van der Waals surface area contributed by atoms with E-state index in [2.05, 4.69) is 17.2 Å². The molecular formula is C18H21N3O2S2. The van der Waals surface area contributed by atoms with Crippen LogP contribution in [0.3, 0.4) is 0 Å². The van der Waals surface area contributed by atoms with Crippen molar-refractivity contribution in [3.05, 3.63) is 51.4 Å². The molecule has 0 aliphatic carbocycles. The van der Waals surface area contributed by atoms with Crippen LogP contribution in [0.2, 0.25) is 0 Å². The number of nitrogens with zero attached hydrogens (tertiary/aromatic N) is 2. The van der Waals surface area contributed by atoms with Crippen molar-refractivity contribution in [1.82, 2.24) is 14.9 Å². The third kappa shape index (κ3) is 4.27. The number of thioether (sulfide) groups is 2. The lowest BCUT2D eigenvalue weighted by Gasteiger charge is -2.09. The first-order valence-electron chi connectivity index (χ1n) is 8.15. The first kappa shape index (κ1) is 18.1. The number of fused-ring (bicyclic) bond motifs is 1. The average molecular weight is 376 g/mol. The zero-order chi connectivity index (χ0) is 18.0. The quantitative estimate of drug-likeness (QED) is 0.643. The largest absolute Gasteiger partial charge is 0.351 e. The third-order valence-corrected chi connectivity index (χ3v) is 6.27. The fraction of sp³-hybridized carbons (Fsp3) is 0.389. The van der Waals surface area contributed by atoms with Crippen LogP contribution in [0.4, 0.5) is 0 Å². The topological polar surface area (TPSA) is 64.0 Å². The maximum atomic E-state index is 12.4. The molecule has 7 heteroatoms. The molecule has 0 bridgehead atoms. The predicted octanol–water partition coefficient (Wildman–Crippen LogP) is 2.53. The van der Waals surface area contributed by atoms with Crippen LogP contribution in [0, 0.1) is 6.92 Å². The second-order valence-electron chi connectivity index (χ2n) is 6.22. The van der Waals surface area contributed by atoms with Gasteiger partial charge in [0.05, 0.1) is 16.3 Å². The van der Waals surface area contributed by atoms with Crippen molar-refractivity contribution < 1.29 is 4.79 Å². The Labute approximate surface area is 155 Å². The second-order valence-corrected chi connectivity index (χ2v) is 8.61. The molecule has 25 heavy (non-hydrogen) atoms. The number of hydrogen-bond acceptors (Lipinski definition) is 5. The van der Waals surface area contributed by atoms with E-state index in [1.165, 1.54) is 17.3 Å². The van der Waals surface area contributed by atoms with Gasteiger partial charge in [0.2, 0.25) is 5.91 Å². The van der Waals surface area contributed by atoms with Gasteiger partial charge in [-0.2, -0.15) is 0 Å². The summed E-state index contributed by atoms with van der Waals surface area (Å²) in [5, 5.41) is 3.89.